The summed E-state index contributed by atoms with van der Waals surface area (Å²) in [6.07, 6.45) is 6.34. The Morgan fingerprint density at radius 1 is 1.23 bits per heavy atom. The molecule has 22 heavy (non-hydrogen) atoms. The fraction of sp³-hybridized carbons (Fsp3) is 0.850. The smallest absolute Gasteiger partial charge is 0.137 e. The number of hydrogen-bond donors (Lipinski definition) is 1. The molecule has 0 heterocycles. The van der Waals surface area contributed by atoms with E-state index in [1.807, 2.05) is 0 Å². The van der Waals surface area contributed by atoms with Gasteiger partial charge in [0.1, 0.15) is 5.78 Å². The van der Waals surface area contributed by atoms with Gasteiger partial charge in [-0.2, -0.15) is 0 Å². The minimum Gasteiger partial charge on any atom is -0.388 e. The summed E-state index contributed by atoms with van der Waals surface area (Å²) in [5.41, 5.74) is 0.824. The summed E-state index contributed by atoms with van der Waals surface area (Å²) in [5, 5.41) is 11.1. The topological polar surface area (TPSA) is 37.3 Å². The van der Waals surface area contributed by atoms with E-state index in [-0.39, 0.29) is 22.2 Å². The molecule has 2 bridgehead atoms. The van der Waals surface area contributed by atoms with Gasteiger partial charge < -0.3 is 5.11 Å². The maximum absolute atomic E-state index is 12.8. The number of rotatable bonds is 1. The summed E-state index contributed by atoms with van der Waals surface area (Å²) in [4.78, 5) is 12.8. The molecule has 0 aliphatic heterocycles. The molecule has 0 aromatic carbocycles. The van der Waals surface area contributed by atoms with E-state index in [1.165, 1.54) is 0 Å². The highest BCUT2D eigenvalue weighted by atomic mass is 16.3. The zero-order valence-electron chi connectivity index (χ0n) is 14.7. The Labute approximate surface area is 135 Å². The van der Waals surface area contributed by atoms with Crippen LogP contribution in [0.1, 0.15) is 72.6 Å². The maximum atomic E-state index is 12.8. The largest absolute Gasteiger partial charge is 0.388 e. The third-order valence-electron chi connectivity index (χ3n) is 8.17. The molecule has 0 aromatic heterocycles. The van der Waals surface area contributed by atoms with Crippen LogP contribution in [0.15, 0.2) is 12.2 Å². The summed E-state index contributed by atoms with van der Waals surface area (Å²) in [7, 11) is 0. The van der Waals surface area contributed by atoms with Crippen LogP contribution in [0.4, 0.5) is 0 Å². The first-order valence-electron chi connectivity index (χ1n) is 9.11. The summed E-state index contributed by atoms with van der Waals surface area (Å²) >= 11 is 0. The van der Waals surface area contributed by atoms with Gasteiger partial charge in [0.2, 0.25) is 0 Å². The third-order valence-corrected chi connectivity index (χ3v) is 8.17. The van der Waals surface area contributed by atoms with Crippen molar-refractivity contribution in [3.05, 3.63) is 12.2 Å². The highest BCUT2D eigenvalue weighted by Gasteiger charge is 2.63. The van der Waals surface area contributed by atoms with Crippen LogP contribution in [0.2, 0.25) is 0 Å². The van der Waals surface area contributed by atoms with E-state index in [0.29, 0.717) is 18.1 Å². The molecule has 3 saturated carbocycles. The standard InChI is InChI=1S/C20H32O2/c1-6-18(4)11-12-19(5)13(2)7-9-20(14(3)17(18)22)10-8-15(21)16(19)20/h13,16-17,22H,3,6-12H2,1-2,4-5H3/t13-,16+,17+,18-,19-,20+/m1/s1. The molecule has 3 aliphatic carbocycles. The van der Waals surface area contributed by atoms with E-state index in [0.717, 1.165) is 44.1 Å². The lowest BCUT2D eigenvalue weighted by molar-refractivity contribution is -0.137. The Balaban J connectivity index is 2.15. The number of carbonyl (C=O) groups is 1. The molecule has 6 atom stereocenters. The summed E-state index contributed by atoms with van der Waals surface area (Å²) in [5.74, 6) is 1.10. The number of aliphatic hydroxyl groups excluding tert-OH is 1. The monoisotopic (exact) mass is 304 g/mol. The van der Waals surface area contributed by atoms with E-state index < -0.39 is 6.10 Å². The molecule has 0 aromatic rings. The molecule has 3 fully saturated rings. The van der Waals surface area contributed by atoms with Gasteiger partial charge in [0.25, 0.3) is 0 Å². The Kier molecular flexibility index (Phi) is 3.64. The van der Waals surface area contributed by atoms with Crippen molar-refractivity contribution in [3.8, 4) is 0 Å². The van der Waals surface area contributed by atoms with Crippen LogP contribution in [0, 0.1) is 28.1 Å². The zero-order chi connectivity index (χ0) is 16.3. The van der Waals surface area contributed by atoms with Gasteiger partial charge in [-0.25, -0.2) is 0 Å². The maximum Gasteiger partial charge on any atom is 0.137 e. The Morgan fingerprint density at radius 2 is 1.91 bits per heavy atom. The Hall–Kier alpha value is -0.630. The minimum absolute atomic E-state index is 0.0747. The first-order valence-corrected chi connectivity index (χ1v) is 9.11. The van der Waals surface area contributed by atoms with Gasteiger partial charge >= 0.3 is 0 Å². The van der Waals surface area contributed by atoms with Crippen LogP contribution in [-0.4, -0.2) is 17.0 Å². The molecule has 3 aliphatic rings. The first kappa shape index (κ1) is 16.2. The lowest BCUT2D eigenvalue weighted by Crippen LogP contribution is -2.55. The van der Waals surface area contributed by atoms with Gasteiger partial charge in [-0.1, -0.05) is 34.3 Å². The first-order chi connectivity index (χ1) is 10.2. The second-order valence-electron chi connectivity index (χ2n) is 8.94. The summed E-state index contributed by atoms with van der Waals surface area (Å²) in [6.45, 7) is 13.4. The van der Waals surface area contributed by atoms with Crippen molar-refractivity contribution < 1.29 is 9.90 Å². The van der Waals surface area contributed by atoms with Crippen molar-refractivity contribution in [1.82, 2.24) is 0 Å². The normalized spacial score (nSPS) is 52.1. The van der Waals surface area contributed by atoms with Gasteiger partial charge in [0.15, 0.2) is 0 Å². The fourth-order valence-corrected chi connectivity index (χ4v) is 5.95. The molecule has 0 saturated heterocycles. The third kappa shape index (κ3) is 1.85. The van der Waals surface area contributed by atoms with Gasteiger partial charge in [0, 0.05) is 17.8 Å². The summed E-state index contributed by atoms with van der Waals surface area (Å²) < 4.78 is 0. The van der Waals surface area contributed by atoms with Gasteiger partial charge in [-0.15, -0.1) is 0 Å². The fourth-order valence-electron chi connectivity index (χ4n) is 5.95. The van der Waals surface area contributed by atoms with Crippen LogP contribution in [0.3, 0.4) is 0 Å². The van der Waals surface area contributed by atoms with Crippen molar-refractivity contribution >= 4 is 5.78 Å². The molecule has 0 unspecified atom stereocenters. The SMILES string of the molecule is C=C1[C@H](O)[C@](C)(CC)CC[C@]2(C)[C@H](C)CC[C@]13CCC(=O)[C@H]32. The lowest BCUT2D eigenvalue weighted by atomic mass is 9.46. The lowest BCUT2D eigenvalue weighted by Gasteiger charge is -2.58. The van der Waals surface area contributed by atoms with Gasteiger partial charge in [-0.05, 0) is 60.8 Å². The molecule has 2 heteroatoms. The van der Waals surface area contributed by atoms with E-state index in [2.05, 4.69) is 34.3 Å². The molecule has 0 radical (unpaired) electrons. The van der Waals surface area contributed by atoms with Crippen LogP contribution < -0.4 is 0 Å². The molecule has 1 N–H and O–H groups in total. The second-order valence-corrected chi connectivity index (χ2v) is 8.94. The van der Waals surface area contributed by atoms with Crippen LogP contribution in [0.5, 0.6) is 0 Å². The van der Waals surface area contributed by atoms with E-state index in [9.17, 15) is 9.90 Å². The van der Waals surface area contributed by atoms with Gasteiger partial charge in [-0.3, -0.25) is 4.79 Å². The minimum atomic E-state index is -0.469. The molecule has 0 spiro atoms. The predicted molar refractivity (Wildman–Crippen MR) is 89.4 cm³/mol. The highest BCUT2D eigenvalue weighted by molar-refractivity contribution is 5.86. The van der Waals surface area contributed by atoms with Gasteiger partial charge in [0.05, 0.1) is 6.10 Å². The second kappa shape index (κ2) is 4.93. The quantitative estimate of drug-likeness (QED) is 0.723. The molecular formula is C20H32O2. The van der Waals surface area contributed by atoms with Crippen molar-refractivity contribution in [2.75, 3.05) is 0 Å². The van der Waals surface area contributed by atoms with E-state index in [1.54, 1.807) is 0 Å². The molecular weight excluding hydrogens is 272 g/mol. The van der Waals surface area contributed by atoms with Crippen molar-refractivity contribution in [2.24, 2.45) is 28.1 Å². The van der Waals surface area contributed by atoms with Crippen LogP contribution >= 0.6 is 0 Å². The van der Waals surface area contributed by atoms with Crippen LogP contribution in [0.25, 0.3) is 0 Å². The number of ketones is 1. The molecule has 0 amide bonds. The van der Waals surface area contributed by atoms with E-state index in [4.69, 9.17) is 0 Å². The number of hydrogen-bond acceptors (Lipinski definition) is 2. The summed E-state index contributed by atoms with van der Waals surface area (Å²) in [6, 6.07) is 0. The molecule has 124 valence electrons. The molecule has 3 rings (SSSR count). The molecule has 2 nitrogen and oxygen atoms in total. The number of carbonyl (C=O) groups excluding carboxylic acids is 1. The zero-order valence-corrected chi connectivity index (χ0v) is 14.7. The van der Waals surface area contributed by atoms with Crippen molar-refractivity contribution in [2.45, 2.75) is 78.7 Å². The Bertz CT molecular complexity index is 510. The van der Waals surface area contributed by atoms with Crippen molar-refractivity contribution in [1.29, 1.82) is 0 Å². The average Bonchev–Trinajstić information content (AvgIpc) is 2.86. The highest BCUT2D eigenvalue weighted by Crippen LogP contribution is 2.67. The number of aliphatic hydroxyl groups is 1. The number of Topliss-reactive ketones (excluding diaryl/α,β-unsaturated/α-hetero) is 1. The van der Waals surface area contributed by atoms with Crippen LogP contribution in [-0.2, 0) is 4.79 Å². The van der Waals surface area contributed by atoms with E-state index >= 15 is 0 Å². The average molecular weight is 304 g/mol. The Morgan fingerprint density at radius 3 is 2.55 bits per heavy atom. The van der Waals surface area contributed by atoms with Crippen molar-refractivity contribution in [3.63, 3.8) is 0 Å². The predicted octanol–water partition coefficient (Wildman–Crippen LogP) is 4.52.